The van der Waals surface area contributed by atoms with Gasteiger partial charge >= 0.3 is 12.1 Å². The van der Waals surface area contributed by atoms with Crippen LogP contribution in [0.25, 0.3) is 22.0 Å². The van der Waals surface area contributed by atoms with E-state index in [1.54, 1.807) is 12.1 Å². The van der Waals surface area contributed by atoms with Gasteiger partial charge in [-0.2, -0.15) is 0 Å². The van der Waals surface area contributed by atoms with E-state index in [4.69, 9.17) is 21.1 Å². The van der Waals surface area contributed by atoms with Gasteiger partial charge in [0.1, 0.15) is 0 Å². The molecule has 1 aliphatic carbocycles. The van der Waals surface area contributed by atoms with Gasteiger partial charge < -0.3 is 19.1 Å². The van der Waals surface area contributed by atoms with Crippen LogP contribution >= 0.6 is 11.6 Å². The predicted molar refractivity (Wildman–Crippen MR) is 138 cm³/mol. The van der Waals surface area contributed by atoms with Crippen LogP contribution in [0.4, 0.5) is 10.5 Å². The van der Waals surface area contributed by atoms with Crippen molar-refractivity contribution in [3.05, 3.63) is 52.2 Å². The summed E-state index contributed by atoms with van der Waals surface area (Å²) < 4.78 is 14.1. The van der Waals surface area contributed by atoms with Crippen LogP contribution in [0.2, 0.25) is 5.02 Å². The van der Waals surface area contributed by atoms with E-state index in [0.717, 1.165) is 39.8 Å². The molecular weight excluding hydrogens is 480 g/mol. The van der Waals surface area contributed by atoms with Gasteiger partial charge in [0.15, 0.2) is 6.10 Å². The molecule has 1 amide bonds. The molecule has 6 rings (SSSR count). The maximum Gasteiger partial charge on any atom is 0.414 e. The molecule has 188 valence electrons. The van der Waals surface area contributed by atoms with Crippen molar-refractivity contribution in [1.82, 2.24) is 4.57 Å². The van der Waals surface area contributed by atoms with Gasteiger partial charge in [-0.15, -0.1) is 0 Å². The third kappa shape index (κ3) is 3.22. The van der Waals surface area contributed by atoms with E-state index in [0.29, 0.717) is 29.3 Å². The third-order valence-corrected chi connectivity index (χ3v) is 8.06. The Morgan fingerprint density at radius 1 is 1.25 bits per heavy atom. The zero-order chi connectivity index (χ0) is 25.7. The third-order valence-electron chi connectivity index (χ3n) is 7.81. The number of cyclic esters (lactones) is 1. The molecule has 2 fully saturated rings. The molecule has 7 nitrogen and oxygen atoms in total. The van der Waals surface area contributed by atoms with Crippen LogP contribution in [0, 0.1) is 19.8 Å². The normalized spacial score (nSPS) is 23.2. The van der Waals surface area contributed by atoms with Gasteiger partial charge in [0.2, 0.25) is 0 Å². The number of rotatable bonds is 4. The highest BCUT2D eigenvalue weighted by molar-refractivity contribution is 6.30. The molecule has 3 heterocycles. The quantitative estimate of drug-likeness (QED) is 0.450. The Balaban J connectivity index is 1.74. The lowest BCUT2D eigenvalue weighted by molar-refractivity contribution is -0.160. The second-order valence-electron chi connectivity index (χ2n) is 11.3. The monoisotopic (exact) mass is 508 g/mol. The number of carboxylic acids is 1. The molecule has 1 N–H and O–H groups in total. The Hall–Kier alpha value is -3.03. The van der Waals surface area contributed by atoms with Gasteiger partial charge in [0.05, 0.1) is 29.0 Å². The van der Waals surface area contributed by atoms with Crippen molar-refractivity contribution in [3.8, 4) is 11.1 Å². The summed E-state index contributed by atoms with van der Waals surface area (Å²) in [5.41, 5.74) is 4.58. The number of carboxylic acid groups (broad SMARTS) is 1. The molecule has 0 bridgehead atoms. The molecule has 1 unspecified atom stereocenters. The Morgan fingerprint density at radius 2 is 1.94 bits per heavy atom. The summed E-state index contributed by atoms with van der Waals surface area (Å²) in [6.07, 6.45) is -0.744. The zero-order valence-corrected chi connectivity index (χ0v) is 21.8. The van der Waals surface area contributed by atoms with Crippen molar-refractivity contribution in [2.45, 2.75) is 64.8 Å². The Morgan fingerprint density at radius 3 is 2.58 bits per heavy atom. The molecule has 2 aliphatic heterocycles. The van der Waals surface area contributed by atoms with Crippen LogP contribution in [0.1, 0.15) is 50.1 Å². The number of benzene rings is 2. The first-order valence-electron chi connectivity index (χ1n) is 12.2. The van der Waals surface area contributed by atoms with Gasteiger partial charge in [-0.05, 0) is 75.9 Å². The first kappa shape index (κ1) is 23.4. The van der Waals surface area contributed by atoms with Crippen molar-refractivity contribution in [2.24, 2.45) is 5.92 Å². The molecule has 3 atom stereocenters. The predicted octanol–water partition coefficient (Wildman–Crippen LogP) is 6.25. The first-order valence-corrected chi connectivity index (χ1v) is 12.6. The molecule has 1 saturated heterocycles. The number of aliphatic carboxylic acids is 1. The number of hydrogen-bond donors (Lipinski definition) is 1. The van der Waals surface area contributed by atoms with Crippen molar-refractivity contribution in [1.29, 1.82) is 0 Å². The number of hydrogen-bond acceptors (Lipinski definition) is 4. The molecule has 2 aromatic carbocycles. The van der Waals surface area contributed by atoms with E-state index >= 15 is 0 Å². The molecule has 0 radical (unpaired) electrons. The van der Waals surface area contributed by atoms with Gasteiger partial charge in [0, 0.05) is 34.1 Å². The Labute approximate surface area is 214 Å². The molecule has 1 spiro atoms. The molecule has 1 saturated carbocycles. The number of nitrogens with zero attached hydrogens (tertiary/aromatic N) is 2. The van der Waals surface area contributed by atoms with Crippen molar-refractivity contribution in [2.75, 3.05) is 11.5 Å². The molecule has 3 aliphatic rings. The molecule has 1 aromatic heterocycles. The first-order chi connectivity index (χ1) is 16.9. The SMILES string of the molecule is Cc1c([C@H](OC(C)(C)C)C(=O)O)c(-c2ccc(Cl)cc2)c2cc(C)n3c2c1N1C(=O)OC[C@H]2CC21C3. The van der Waals surface area contributed by atoms with Crippen LogP contribution in [-0.2, 0) is 20.8 Å². The fourth-order valence-corrected chi connectivity index (χ4v) is 6.33. The fourth-order valence-electron chi connectivity index (χ4n) is 6.21. The van der Waals surface area contributed by atoms with Crippen molar-refractivity contribution in [3.63, 3.8) is 0 Å². The van der Waals surface area contributed by atoms with Crippen LogP contribution in [0.3, 0.4) is 0 Å². The summed E-state index contributed by atoms with van der Waals surface area (Å²) in [6.45, 7) is 10.6. The van der Waals surface area contributed by atoms with Gasteiger partial charge in [-0.25, -0.2) is 9.59 Å². The van der Waals surface area contributed by atoms with Crippen molar-refractivity contribution >= 4 is 40.3 Å². The largest absolute Gasteiger partial charge is 0.479 e. The number of ether oxygens (including phenoxy) is 2. The maximum atomic E-state index is 13.2. The maximum absolute atomic E-state index is 13.2. The summed E-state index contributed by atoms with van der Waals surface area (Å²) in [6, 6.07) is 9.51. The second-order valence-corrected chi connectivity index (χ2v) is 11.7. The van der Waals surface area contributed by atoms with E-state index < -0.39 is 17.7 Å². The number of carbonyl (C=O) groups excluding carboxylic acids is 1. The standard InChI is InChI=1S/C28H29ClN2O5/c1-14-10-19-21(16-6-8-18(29)9-7-16)20(24(25(32)33)36-27(3,4)5)15(2)22-23(19)30(14)13-28-11-17(28)12-35-26(34)31(22)28/h6-10,17,24H,11-13H2,1-5H3,(H,32,33)/t17-,24+,28?/m1/s1. The highest BCUT2D eigenvalue weighted by Gasteiger charge is 2.66. The number of anilines is 1. The fraction of sp³-hybridized carbons (Fsp3) is 0.429. The number of carbonyl (C=O) groups is 2. The van der Waals surface area contributed by atoms with Gasteiger partial charge in [0.25, 0.3) is 0 Å². The van der Waals surface area contributed by atoms with Crippen LogP contribution < -0.4 is 4.90 Å². The molecular formula is C28H29ClN2O5. The van der Waals surface area contributed by atoms with Crippen LogP contribution in [0.15, 0.2) is 30.3 Å². The minimum absolute atomic E-state index is 0.264. The summed E-state index contributed by atoms with van der Waals surface area (Å²) in [7, 11) is 0. The topological polar surface area (TPSA) is 81.0 Å². The number of aromatic nitrogens is 1. The Bertz CT molecular complexity index is 1450. The Kier molecular flexibility index (Phi) is 4.87. The second kappa shape index (κ2) is 7.49. The van der Waals surface area contributed by atoms with Gasteiger partial charge in [-0.1, -0.05) is 23.7 Å². The zero-order valence-electron chi connectivity index (χ0n) is 21.0. The molecule has 3 aromatic rings. The lowest BCUT2D eigenvalue weighted by Gasteiger charge is -2.42. The molecule has 36 heavy (non-hydrogen) atoms. The van der Waals surface area contributed by atoms with E-state index in [9.17, 15) is 14.7 Å². The van der Waals surface area contributed by atoms with E-state index in [2.05, 4.69) is 17.6 Å². The highest BCUT2D eigenvalue weighted by Crippen LogP contribution is 2.60. The highest BCUT2D eigenvalue weighted by atomic mass is 35.5. The minimum Gasteiger partial charge on any atom is -0.479 e. The van der Waals surface area contributed by atoms with E-state index in [1.807, 2.05) is 44.7 Å². The number of fused-ring (bicyclic) bond motifs is 1. The summed E-state index contributed by atoms with van der Waals surface area (Å²) in [4.78, 5) is 27.8. The average Bonchev–Trinajstić information content (AvgIpc) is 3.41. The number of aryl methyl sites for hydroxylation is 1. The number of amides is 1. The van der Waals surface area contributed by atoms with Gasteiger partial charge in [-0.3, -0.25) is 4.90 Å². The smallest absolute Gasteiger partial charge is 0.414 e. The summed E-state index contributed by atoms with van der Waals surface area (Å²) in [5.74, 6) is -0.818. The summed E-state index contributed by atoms with van der Waals surface area (Å²) >= 11 is 6.21. The lowest BCUT2D eigenvalue weighted by atomic mass is 9.86. The van der Waals surface area contributed by atoms with Crippen LogP contribution in [0.5, 0.6) is 0 Å². The number of halogens is 1. The van der Waals surface area contributed by atoms with Crippen molar-refractivity contribution < 1.29 is 24.2 Å². The van der Waals surface area contributed by atoms with Crippen LogP contribution in [-0.4, -0.2) is 39.5 Å². The average molecular weight is 509 g/mol. The van der Waals surface area contributed by atoms with E-state index in [1.165, 1.54) is 0 Å². The van der Waals surface area contributed by atoms with E-state index in [-0.39, 0.29) is 17.6 Å². The summed E-state index contributed by atoms with van der Waals surface area (Å²) in [5, 5.41) is 11.9. The molecule has 8 heteroatoms. The minimum atomic E-state index is -1.24. The lowest BCUT2D eigenvalue weighted by Crippen LogP contribution is -2.53.